The molecular formula is C14H12N2O5. The summed E-state index contributed by atoms with van der Waals surface area (Å²) in [5.41, 5.74) is 1.90. The summed E-state index contributed by atoms with van der Waals surface area (Å²) in [6.07, 6.45) is 0. The van der Waals surface area contributed by atoms with E-state index in [0.29, 0.717) is 23.4 Å². The van der Waals surface area contributed by atoms with Crippen molar-refractivity contribution in [1.29, 1.82) is 0 Å². The fourth-order valence-electron chi connectivity index (χ4n) is 1.93. The lowest BCUT2D eigenvalue weighted by molar-refractivity contribution is 0.0563. The van der Waals surface area contributed by atoms with E-state index in [1.165, 1.54) is 7.11 Å². The lowest BCUT2D eigenvalue weighted by Crippen LogP contribution is -2.00. The van der Waals surface area contributed by atoms with Crippen LogP contribution in [0, 0.1) is 0 Å². The highest BCUT2D eigenvalue weighted by Crippen LogP contribution is 2.17. The third kappa shape index (κ3) is 2.66. The predicted molar refractivity (Wildman–Crippen MR) is 74.2 cm³/mol. The van der Waals surface area contributed by atoms with Crippen LogP contribution < -0.4 is 11.1 Å². The van der Waals surface area contributed by atoms with Gasteiger partial charge in [0.2, 0.25) is 5.76 Å². The number of H-pyrrole nitrogens is 1. The molecule has 3 rings (SSSR count). The third-order valence-corrected chi connectivity index (χ3v) is 2.93. The molecule has 0 spiro atoms. The summed E-state index contributed by atoms with van der Waals surface area (Å²) < 4.78 is 14.8. The van der Waals surface area contributed by atoms with E-state index < -0.39 is 11.7 Å². The first kappa shape index (κ1) is 13.0. The molecule has 0 saturated heterocycles. The lowest BCUT2D eigenvalue weighted by Gasteiger charge is -2.03. The van der Waals surface area contributed by atoms with Gasteiger partial charge in [0.15, 0.2) is 5.58 Å². The Morgan fingerprint density at radius 1 is 1.29 bits per heavy atom. The normalized spacial score (nSPS) is 10.7. The van der Waals surface area contributed by atoms with E-state index in [4.69, 9.17) is 8.83 Å². The number of esters is 1. The van der Waals surface area contributed by atoms with Gasteiger partial charge in [-0.25, -0.2) is 9.59 Å². The molecule has 7 nitrogen and oxygen atoms in total. The monoisotopic (exact) mass is 288 g/mol. The largest absolute Gasteiger partial charge is 0.463 e. The fraction of sp³-hybridized carbons (Fsp3) is 0.143. The number of carbonyl (C=O) groups excluding carboxylic acids is 1. The van der Waals surface area contributed by atoms with Gasteiger partial charge in [0.1, 0.15) is 5.76 Å². The first-order valence-electron chi connectivity index (χ1n) is 6.19. The highest BCUT2D eigenvalue weighted by molar-refractivity contribution is 5.86. The van der Waals surface area contributed by atoms with E-state index in [9.17, 15) is 9.59 Å². The van der Waals surface area contributed by atoms with Gasteiger partial charge in [0.05, 0.1) is 19.2 Å². The van der Waals surface area contributed by atoms with Gasteiger partial charge < -0.3 is 18.9 Å². The Bertz CT molecular complexity index is 842. The summed E-state index contributed by atoms with van der Waals surface area (Å²) in [6, 6.07) is 8.47. The number of oxazole rings is 1. The molecule has 0 aliphatic heterocycles. The minimum Gasteiger partial charge on any atom is -0.463 e. The Balaban J connectivity index is 1.72. The molecule has 2 aromatic heterocycles. The van der Waals surface area contributed by atoms with Crippen LogP contribution in [0.15, 0.2) is 44.0 Å². The van der Waals surface area contributed by atoms with Crippen molar-refractivity contribution in [3.8, 4) is 0 Å². The second kappa shape index (κ2) is 5.20. The molecule has 2 heterocycles. The maximum Gasteiger partial charge on any atom is 0.417 e. The molecule has 0 radical (unpaired) electrons. The SMILES string of the molecule is COC(=O)c1ccc(CNc2ccc3oc(=O)[nH]c3c2)o1. The molecular weight excluding hydrogens is 276 g/mol. The number of methoxy groups -OCH3 is 1. The Kier molecular flexibility index (Phi) is 3.23. The van der Waals surface area contributed by atoms with Crippen molar-refractivity contribution >= 4 is 22.8 Å². The molecule has 2 N–H and O–H groups in total. The molecule has 0 unspecified atom stereocenters. The van der Waals surface area contributed by atoms with E-state index in [0.717, 1.165) is 5.69 Å². The lowest BCUT2D eigenvalue weighted by atomic mass is 10.3. The number of benzene rings is 1. The van der Waals surface area contributed by atoms with Crippen LogP contribution in [0.5, 0.6) is 0 Å². The number of fused-ring (bicyclic) bond motifs is 1. The molecule has 0 amide bonds. The second-order valence-electron chi connectivity index (χ2n) is 4.34. The number of hydrogen-bond donors (Lipinski definition) is 2. The van der Waals surface area contributed by atoms with Gasteiger partial charge in [0.25, 0.3) is 0 Å². The van der Waals surface area contributed by atoms with E-state index in [2.05, 4.69) is 15.0 Å². The summed E-state index contributed by atoms with van der Waals surface area (Å²) in [5.74, 6) is -0.255. The number of nitrogens with one attached hydrogen (secondary N) is 2. The molecule has 108 valence electrons. The first-order chi connectivity index (χ1) is 10.2. The maximum atomic E-state index is 11.3. The van der Waals surface area contributed by atoms with Crippen molar-refractivity contribution in [3.63, 3.8) is 0 Å². The van der Waals surface area contributed by atoms with Crippen LogP contribution in [0.1, 0.15) is 16.3 Å². The number of carbonyl (C=O) groups is 1. The smallest absolute Gasteiger partial charge is 0.417 e. The van der Waals surface area contributed by atoms with Crippen molar-refractivity contribution < 1.29 is 18.4 Å². The maximum absolute atomic E-state index is 11.3. The van der Waals surface area contributed by atoms with E-state index in [1.807, 2.05) is 0 Å². The summed E-state index contributed by atoms with van der Waals surface area (Å²) in [7, 11) is 1.30. The number of ether oxygens (including phenoxy) is 1. The summed E-state index contributed by atoms with van der Waals surface area (Å²) in [5, 5.41) is 3.12. The Labute approximate surface area is 118 Å². The zero-order valence-corrected chi connectivity index (χ0v) is 11.1. The van der Waals surface area contributed by atoms with Gasteiger partial charge >= 0.3 is 11.7 Å². The molecule has 7 heteroatoms. The summed E-state index contributed by atoms with van der Waals surface area (Å²) >= 11 is 0. The van der Waals surface area contributed by atoms with E-state index in [1.54, 1.807) is 30.3 Å². The molecule has 0 aliphatic rings. The molecule has 1 aromatic carbocycles. The van der Waals surface area contributed by atoms with Crippen molar-refractivity contribution in [3.05, 3.63) is 52.4 Å². The third-order valence-electron chi connectivity index (χ3n) is 2.93. The van der Waals surface area contributed by atoms with Gasteiger partial charge in [0, 0.05) is 5.69 Å². The van der Waals surface area contributed by atoms with Crippen molar-refractivity contribution in [1.82, 2.24) is 4.98 Å². The molecule has 0 aliphatic carbocycles. The minimum absolute atomic E-state index is 0.156. The molecule has 0 saturated carbocycles. The zero-order valence-electron chi connectivity index (χ0n) is 11.1. The zero-order chi connectivity index (χ0) is 14.8. The molecule has 21 heavy (non-hydrogen) atoms. The summed E-state index contributed by atoms with van der Waals surface area (Å²) in [6.45, 7) is 0.393. The predicted octanol–water partition coefficient (Wildman–Crippen LogP) is 2.11. The van der Waals surface area contributed by atoms with Crippen molar-refractivity contribution in [2.24, 2.45) is 0 Å². The minimum atomic E-state index is -0.515. The Morgan fingerprint density at radius 2 is 2.14 bits per heavy atom. The highest BCUT2D eigenvalue weighted by Gasteiger charge is 2.10. The molecule has 0 bridgehead atoms. The van der Waals surface area contributed by atoms with Gasteiger partial charge in [-0.3, -0.25) is 4.98 Å². The van der Waals surface area contributed by atoms with E-state index >= 15 is 0 Å². The topological polar surface area (TPSA) is 97.5 Å². The van der Waals surface area contributed by atoms with Gasteiger partial charge in [-0.1, -0.05) is 0 Å². The van der Waals surface area contributed by atoms with Crippen LogP contribution >= 0.6 is 0 Å². The van der Waals surface area contributed by atoms with Crippen LogP contribution in [0.3, 0.4) is 0 Å². The van der Waals surface area contributed by atoms with Crippen LogP contribution in [-0.4, -0.2) is 18.1 Å². The van der Waals surface area contributed by atoms with Crippen LogP contribution in [0.25, 0.3) is 11.1 Å². The van der Waals surface area contributed by atoms with Gasteiger partial charge in [-0.05, 0) is 30.3 Å². The highest BCUT2D eigenvalue weighted by atomic mass is 16.5. The standard InChI is InChI=1S/C14H12N2O5/c1-19-13(17)12-5-3-9(20-12)7-15-8-2-4-11-10(6-8)16-14(18)21-11/h2-6,15H,7H2,1H3,(H,16,18). The Hall–Kier alpha value is -2.96. The number of hydrogen-bond acceptors (Lipinski definition) is 6. The van der Waals surface area contributed by atoms with Gasteiger partial charge in [-0.15, -0.1) is 0 Å². The van der Waals surface area contributed by atoms with Crippen molar-refractivity contribution in [2.45, 2.75) is 6.54 Å². The Morgan fingerprint density at radius 3 is 2.95 bits per heavy atom. The van der Waals surface area contributed by atoms with Crippen LogP contribution in [0.2, 0.25) is 0 Å². The van der Waals surface area contributed by atoms with E-state index in [-0.39, 0.29) is 5.76 Å². The quantitative estimate of drug-likeness (QED) is 0.714. The first-order valence-corrected chi connectivity index (χ1v) is 6.19. The number of anilines is 1. The number of aromatic amines is 1. The second-order valence-corrected chi connectivity index (χ2v) is 4.34. The number of rotatable bonds is 4. The van der Waals surface area contributed by atoms with Crippen LogP contribution in [-0.2, 0) is 11.3 Å². The summed E-state index contributed by atoms with van der Waals surface area (Å²) in [4.78, 5) is 24.9. The molecule has 0 atom stereocenters. The molecule has 3 aromatic rings. The number of aromatic nitrogens is 1. The fourth-order valence-corrected chi connectivity index (χ4v) is 1.93. The van der Waals surface area contributed by atoms with Crippen LogP contribution in [0.4, 0.5) is 5.69 Å². The average Bonchev–Trinajstić information content (AvgIpc) is 3.09. The van der Waals surface area contributed by atoms with Crippen molar-refractivity contribution in [2.75, 3.05) is 12.4 Å². The number of furan rings is 1. The average molecular weight is 288 g/mol. The van der Waals surface area contributed by atoms with Gasteiger partial charge in [-0.2, -0.15) is 0 Å². The molecule has 0 fully saturated rings.